The van der Waals surface area contributed by atoms with Crippen molar-refractivity contribution in [3.8, 4) is 0 Å². The molecule has 18 heavy (non-hydrogen) atoms. The molecule has 2 heteroatoms. The van der Waals surface area contributed by atoms with Gasteiger partial charge in [0.1, 0.15) is 0 Å². The second-order valence-corrected chi connectivity index (χ2v) is 5.74. The monoisotopic (exact) mass is 256 g/mol. The summed E-state index contributed by atoms with van der Waals surface area (Å²) in [4.78, 5) is 11.4. The van der Waals surface area contributed by atoms with Crippen molar-refractivity contribution in [1.29, 1.82) is 0 Å². The molecular weight excluding hydrogens is 224 g/mol. The Hall–Kier alpha value is -0.530. The quantitative estimate of drug-likeness (QED) is 0.557. The van der Waals surface area contributed by atoms with E-state index in [1.54, 1.807) is 0 Å². The predicted octanol–water partition coefficient (Wildman–Crippen LogP) is 5.12. The lowest BCUT2D eigenvalue weighted by molar-refractivity contribution is -0.144. The smallest absolute Gasteiger partial charge is 0.306 e. The Kier molecular flexibility index (Phi) is 10.1. The molecule has 0 fully saturated rings. The Morgan fingerprint density at radius 3 is 2.06 bits per heavy atom. The highest BCUT2D eigenvalue weighted by atomic mass is 16.4. The summed E-state index contributed by atoms with van der Waals surface area (Å²) in [6.07, 6.45) is 8.99. The SMILES string of the molecule is CCCCC(CCC)CC(C(=O)O)C(C)CCC. The van der Waals surface area contributed by atoms with Crippen LogP contribution >= 0.6 is 0 Å². The summed E-state index contributed by atoms with van der Waals surface area (Å²) in [6, 6.07) is 0. The zero-order valence-corrected chi connectivity index (χ0v) is 12.7. The number of aliphatic carboxylic acids is 1. The molecule has 2 nitrogen and oxygen atoms in total. The molecule has 0 aromatic heterocycles. The number of unbranched alkanes of at least 4 members (excludes halogenated alkanes) is 1. The third kappa shape index (κ3) is 7.03. The van der Waals surface area contributed by atoms with Crippen molar-refractivity contribution >= 4 is 5.97 Å². The Labute approximate surface area is 113 Å². The summed E-state index contributed by atoms with van der Waals surface area (Å²) in [5.41, 5.74) is 0. The Morgan fingerprint density at radius 1 is 1.00 bits per heavy atom. The molecule has 3 unspecified atom stereocenters. The molecule has 0 aromatic carbocycles. The molecule has 0 amide bonds. The van der Waals surface area contributed by atoms with E-state index < -0.39 is 5.97 Å². The van der Waals surface area contributed by atoms with Crippen LogP contribution in [0.4, 0.5) is 0 Å². The highest BCUT2D eigenvalue weighted by molar-refractivity contribution is 5.70. The van der Waals surface area contributed by atoms with E-state index in [1.165, 1.54) is 32.1 Å². The molecule has 3 atom stereocenters. The Balaban J connectivity index is 4.44. The van der Waals surface area contributed by atoms with Gasteiger partial charge in [0.05, 0.1) is 5.92 Å². The van der Waals surface area contributed by atoms with Crippen LogP contribution in [0.2, 0.25) is 0 Å². The van der Waals surface area contributed by atoms with Crippen LogP contribution in [0.1, 0.15) is 79.1 Å². The van der Waals surface area contributed by atoms with Crippen LogP contribution in [-0.2, 0) is 4.79 Å². The van der Waals surface area contributed by atoms with Crippen molar-refractivity contribution in [2.75, 3.05) is 0 Å². The maximum atomic E-state index is 11.4. The van der Waals surface area contributed by atoms with Crippen molar-refractivity contribution < 1.29 is 9.90 Å². The summed E-state index contributed by atoms with van der Waals surface area (Å²) < 4.78 is 0. The average molecular weight is 256 g/mol. The van der Waals surface area contributed by atoms with E-state index in [0.29, 0.717) is 11.8 Å². The van der Waals surface area contributed by atoms with Crippen molar-refractivity contribution in [1.82, 2.24) is 0 Å². The maximum Gasteiger partial charge on any atom is 0.306 e. The maximum absolute atomic E-state index is 11.4. The summed E-state index contributed by atoms with van der Waals surface area (Å²) in [7, 11) is 0. The van der Waals surface area contributed by atoms with E-state index in [2.05, 4.69) is 27.7 Å². The van der Waals surface area contributed by atoms with E-state index in [1.807, 2.05) is 0 Å². The minimum absolute atomic E-state index is 0.140. The minimum Gasteiger partial charge on any atom is -0.481 e. The first-order valence-electron chi connectivity index (χ1n) is 7.79. The van der Waals surface area contributed by atoms with Gasteiger partial charge in [0.2, 0.25) is 0 Å². The molecule has 0 aliphatic heterocycles. The van der Waals surface area contributed by atoms with Gasteiger partial charge in [-0.3, -0.25) is 4.79 Å². The van der Waals surface area contributed by atoms with Crippen molar-refractivity contribution in [2.24, 2.45) is 17.8 Å². The second kappa shape index (κ2) is 10.4. The lowest BCUT2D eigenvalue weighted by Crippen LogP contribution is -2.24. The molecule has 0 saturated carbocycles. The largest absolute Gasteiger partial charge is 0.481 e. The van der Waals surface area contributed by atoms with Gasteiger partial charge >= 0.3 is 5.97 Å². The number of rotatable bonds is 11. The lowest BCUT2D eigenvalue weighted by Gasteiger charge is -2.25. The van der Waals surface area contributed by atoms with Crippen LogP contribution in [0.3, 0.4) is 0 Å². The van der Waals surface area contributed by atoms with Crippen molar-refractivity contribution in [2.45, 2.75) is 79.1 Å². The number of hydrogen-bond acceptors (Lipinski definition) is 1. The third-order valence-corrected chi connectivity index (χ3v) is 4.00. The average Bonchev–Trinajstić information content (AvgIpc) is 2.32. The Morgan fingerprint density at radius 2 is 1.61 bits per heavy atom. The number of carboxylic acids is 1. The molecule has 108 valence electrons. The topological polar surface area (TPSA) is 37.3 Å². The van der Waals surface area contributed by atoms with Crippen LogP contribution in [0.15, 0.2) is 0 Å². The molecule has 0 aromatic rings. The van der Waals surface area contributed by atoms with E-state index in [-0.39, 0.29) is 5.92 Å². The summed E-state index contributed by atoms with van der Waals surface area (Å²) in [5, 5.41) is 9.41. The van der Waals surface area contributed by atoms with Gasteiger partial charge < -0.3 is 5.11 Å². The molecule has 0 spiro atoms. The van der Waals surface area contributed by atoms with Crippen LogP contribution in [0.5, 0.6) is 0 Å². The molecule has 1 N–H and O–H groups in total. The van der Waals surface area contributed by atoms with Crippen LogP contribution in [0.25, 0.3) is 0 Å². The number of hydrogen-bond donors (Lipinski definition) is 1. The van der Waals surface area contributed by atoms with Gasteiger partial charge in [0.15, 0.2) is 0 Å². The van der Waals surface area contributed by atoms with E-state index in [9.17, 15) is 9.90 Å². The van der Waals surface area contributed by atoms with Crippen LogP contribution < -0.4 is 0 Å². The van der Waals surface area contributed by atoms with Gasteiger partial charge in [-0.05, 0) is 18.3 Å². The highest BCUT2D eigenvalue weighted by Crippen LogP contribution is 2.29. The van der Waals surface area contributed by atoms with Crippen molar-refractivity contribution in [3.05, 3.63) is 0 Å². The first-order valence-corrected chi connectivity index (χ1v) is 7.79. The molecular formula is C16H32O2. The van der Waals surface area contributed by atoms with Gasteiger partial charge in [-0.25, -0.2) is 0 Å². The molecule has 0 bridgehead atoms. The van der Waals surface area contributed by atoms with E-state index in [0.717, 1.165) is 19.3 Å². The first kappa shape index (κ1) is 17.5. The fourth-order valence-electron chi connectivity index (χ4n) is 2.87. The highest BCUT2D eigenvalue weighted by Gasteiger charge is 2.26. The third-order valence-electron chi connectivity index (χ3n) is 4.00. The van der Waals surface area contributed by atoms with Crippen LogP contribution in [0, 0.1) is 17.8 Å². The van der Waals surface area contributed by atoms with Gasteiger partial charge in [0.25, 0.3) is 0 Å². The summed E-state index contributed by atoms with van der Waals surface area (Å²) in [5.74, 6) is 0.191. The fourth-order valence-corrected chi connectivity index (χ4v) is 2.87. The van der Waals surface area contributed by atoms with Gasteiger partial charge in [-0.15, -0.1) is 0 Å². The second-order valence-electron chi connectivity index (χ2n) is 5.74. The molecule has 0 heterocycles. The van der Waals surface area contributed by atoms with Gasteiger partial charge in [-0.2, -0.15) is 0 Å². The number of carboxylic acid groups (broad SMARTS) is 1. The molecule has 0 rings (SSSR count). The zero-order valence-electron chi connectivity index (χ0n) is 12.7. The van der Waals surface area contributed by atoms with Gasteiger partial charge in [-0.1, -0.05) is 72.6 Å². The summed E-state index contributed by atoms with van der Waals surface area (Å²) >= 11 is 0. The van der Waals surface area contributed by atoms with E-state index >= 15 is 0 Å². The van der Waals surface area contributed by atoms with Crippen molar-refractivity contribution in [3.63, 3.8) is 0 Å². The molecule has 0 radical (unpaired) electrons. The van der Waals surface area contributed by atoms with E-state index in [4.69, 9.17) is 0 Å². The number of carbonyl (C=O) groups is 1. The molecule has 0 aliphatic carbocycles. The molecule has 0 aliphatic rings. The summed E-state index contributed by atoms with van der Waals surface area (Å²) in [6.45, 7) is 8.64. The zero-order chi connectivity index (χ0) is 14.0. The minimum atomic E-state index is -0.589. The normalized spacial score (nSPS) is 16.2. The lowest BCUT2D eigenvalue weighted by atomic mass is 9.80. The predicted molar refractivity (Wildman–Crippen MR) is 77.7 cm³/mol. The van der Waals surface area contributed by atoms with Crippen LogP contribution in [-0.4, -0.2) is 11.1 Å². The Bertz CT molecular complexity index is 213. The molecule has 0 saturated heterocycles. The van der Waals surface area contributed by atoms with Gasteiger partial charge in [0, 0.05) is 0 Å². The fraction of sp³-hybridized carbons (Fsp3) is 0.938. The standard InChI is InChI=1S/C16H32O2/c1-5-8-11-14(10-7-3)12-15(16(17)18)13(4)9-6-2/h13-15H,5-12H2,1-4H3,(H,17,18). The first-order chi connectivity index (χ1) is 8.56.